The number of rotatable bonds is 8. The Morgan fingerprint density at radius 3 is 2.30 bits per heavy atom. The van der Waals surface area contributed by atoms with E-state index in [-0.39, 0.29) is 23.7 Å². The number of methoxy groups -OCH3 is 1. The van der Waals surface area contributed by atoms with Crippen LogP contribution in [0.2, 0.25) is 0 Å². The van der Waals surface area contributed by atoms with Crippen LogP contribution in [0.25, 0.3) is 0 Å². The zero-order valence-corrected chi connectivity index (χ0v) is 18.0. The lowest BCUT2D eigenvalue weighted by Gasteiger charge is -2.19. The molecule has 0 spiro atoms. The van der Waals surface area contributed by atoms with Gasteiger partial charge in [0.1, 0.15) is 5.75 Å². The number of ether oxygens (including phenoxy) is 1. The predicted octanol–water partition coefficient (Wildman–Crippen LogP) is 2.34. The minimum atomic E-state index is -0.0629. The molecule has 0 aliphatic carbocycles. The molecule has 160 valence electrons. The van der Waals surface area contributed by atoms with Crippen molar-refractivity contribution < 1.29 is 14.3 Å². The number of amides is 2. The Morgan fingerprint density at radius 2 is 1.67 bits per heavy atom. The number of nitrogens with one attached hydrogen (secondary N) is 2. The van der Waals surface area contributed by atoms with Crippen LogP contribution in [0.5, 0.6) is 5.75 Å². The van der Waals surface area contributed by atoms with Crippen molar-refractivity contribution in [2.24, 2.45) is 5.92 Å². The van der Waals surface area contributed by atoms with Crippen molar-refractivity contribution in [1.29, 1.82) is 0 Å². The van der Waals surface area contributed by atoms with E-state index in [0.717, 1.165) is 30.8 Å². The molecule has 6 heteroatoms. The number of likely N-dealkylation sites (tertiary alicyclic amines) is 1. The lowest BCUT2D eigenvalue weighted by atomic mass is 9.88. The van der Waals surface area contributed by atoms with Crippen molar-refractivity contribution in [2.75, 3.05) is 33.8 Å². The molecule has 1 aliphatic rings. The minimum Gasteiger partial charge on any atom is -0.497 e. The van der Waals surface area contributed by atoms with Crippen LogP contribution >= 0.6 is 0 Å². The molecule has 2 unspecified atom stereocenters. The lowest BCUT2D eigenvalue weighted by Crippen LogP contribution is -2.35. The molecule has 0 bridgehead atoms. The fourth-order valence-electron chi connectivity index (χ4n) is 3.97. The molecule has 1 fully saturated rings. The molecule has 0 saturated carbocycles. The van der Waals surface area contributed by atoms with Crippen LogP contribution in [-0.4, -0.2) is 50.5 Å². The van der Waals surface area contributed by atoms with Crippen molar-refractivity contribution in [3.8, 4) is 5.75 Å². The predicted molar refractivity (Wildman–Crippen MR) is 117 cm³/mol. The Bertz CT molecular complexity index is 849. The van der Waals surface area contributed by atoms with E-state index in [0.29, 0.717) is 13.1 Å². The summed E-state index contributed by atoms with van der Waals surface area (Å²) in [6.45, 7) is 4.28. The molecular formula is C24H31N3O3. The summed E-state index contributed by atoms with van der Waals surface area (Å²) in [4.78, 5) is 26.2. The van der Waals surface area contributed by atoms with Crippen molar-refractivity contribution in [1.82, 2.24) is 15.5 Å². The van der Waals surface area contributed by atoms with Gasteiger partial charge >= 0.3 is 0 Å². The van der Waals surface area contributed by atoms with Crippen LogP contribution in [0.15, 0.2) is 48.5 Å². The van der Waals surface area contributed by atoms with Crippen LogP contribution in [0, 0.1) is 5.92 Å². The van der Waals surface area contributed by atoms with Gasteiger partial charge in [0, 0.05) is 39.0 Å². The highest BCUT2D eigenvalue weighted by Gasteiger charge is 2.36. The first kappa shape index (κ1) is 21.8. The number of hydrogen-bond donors (Lipinski definition) is 2. The second kappa shape index (κ2) is 10.3. The Labute approximate surface area is 178 Å². The molecule has 3 rings (SSSR count). The smallest absolute Gasteiger partial charge is 0.225 e. The van der Waals surface area contributed by atoms with Gasteiger partial charge in [-0.3, -0.25) is 9.59 Å². The van der Waals surface area contributed by atoms with Crippen LogP contribution in [0.4, 0.5) is 0 Å². The highest BCUT2D eigenvalue weighted by Crippen LogP contribution is 2.32. The summed E-state index contributed by atoms with van der Waals surface area (Å²) in [7, 11) is 3.71. The average Bonchev–Trinajstić information content (AvgIpc) is 3.15. The summed E-state index contributed by atoms with van der Waals surface area (Å²) in [5.74, 6) is 1.02. The zero-order chi connectivity index (χ0) is 21.5. The van der Waals surface area contributed by atoms with Gasteiger partial charge in [0.05, 0.1) is 13.0 Å². The Hall–Kier alpha value is -2.86. The monoisotopic (exact) mass is 409 g/mol. The minimum absolute atomic E-state index is 0.0390. The molecule has 2 N–H and O–H groups in total. The van der Waals surface area contributed by atoms with Gasteiger partial charge in [-0.25, -0.2) is 0 Å². The van der Waals surface area contributed by atoms with E-state index >= 15 is 0 Å². The van der Waals surface area contributed by atoms with Gasteiger partial charge in [0.25, 0.3) is 0 Å². The topological polar surface area (TPSA) is 70.7 Å². The molecule has 1 aliphatic heterocycles. The summed E-state index contributed by atoms with van der Waals surface area (Å²) >= 11 is 0. The van der Waals surface area contributed by atoms with Gasteiger partial charge in [-0.1, -0.05) is 36.4 Å². The maximum atomic E-state index is 12.9. The van der Waals surface area contributed by atoms with Gasteiger partial charge in [-0.05, 0) is 42.3 Å². The third-order valence-corrected chi connectivity index (χ3v) is 5.66. The SMILES string of the molecule is COc1ccc(CCNC(=O)C2CN(C)CC2c2ccc(CNC(C)=O)cc2)cc1. The molecule has 2 aromatic rings. The fourth-order valence-corrected chi connectivity index (χ4v) is 3.97. The third kappa shape index (κ3) is 5.83. The third-order valence-electron chi connectivity index (χ3n) is 5.66. The maximum Gasteiger partial charge on any atom is 0.225 e. The molecule has 2 aromatic carbocycles. The van der Waals surface area contributed by atoms with Crippen molar-refractivity contribution >= 4 is 11.8 Å². The lowest BCUT2D eigenvalue weighted by molar-refractivity contribution is -0.125. The summed E-state index contributed by atoms with van der Waals surface area (Å²) in [6.07, 6.45) is 0.792. The summed E-state index contributed by atoms with van der Waals surface area (Å²) in [5, 5.41) is 5.93. The number of carbonyl (C=O) groups is 2. The van der Waals surface area contributed by atoms with Gasteiger partial charge < -0.3 is 20.3 Å². The van der Waals surface area contributed by atoms with Gasteiger partial charge in [-0.15, -0.1) is 0 Å². The highest BCUT2D eigenvalue weighted by atomic mass is 16.5. The Morgan fingerprint density at radius 1 is 1.00 bits per heavy atom. The molecule has 6 nitrogen and oxygen atoms in total. The number of hydrogen-bond acceptors (Lipinski definition) is 4. The standard InChI is InChI=1S/C24H31N3O3/c1-17(28)26-14-19-4-8-20(9-5-19)22-15-27(2)16-23(22)24(29)25-13-12-18-6-10-21(30-3)11-7-18/h4-11,22-23H,12-16H2,1-3H3,(H,25,29)(H,26,28). The van der Waals surface area contributed by atoms with Crippen LogP contribution in [0.3, 0.4) is 0 Å². The van der Waals surface area contributed by atoms with E-state index in [1.54, 1.807) is 7.11 Å². The number of nitrogens with zero attached hydrogens (tertiary/aromatic N) is 1. The van der Waals surface area contributed by atoms with Crippen LogP contribution in [0.1, 0.15) is 29.5 Å². The zero-order valence-electron chi connectivity index (χ0n) is 18.0. The molecule has 1 saturated heterocycles. The first-order valence-corrected chi connectivity index (χ1v) is 10.4. The molecule has 2 atom stereocenters. The number of carbonyl (C=O) groups excluding carboxylic acids is 2. The number of benzene rings is 2. The number of likely N-dealkylation sites (N-methyl/N-ethyl adjacent to an activating group) is 1. The van der Waals surface area contributed by atoms with E-state index in [1.807, 2.05) is 36.4 Å². The second-order valence-electron chi connectivity index (χ2n) is 7.97. The quantitative estimate of drug-likeness (QED) is 0.702. The molecule has 2 amide bonds. The molecule has 0 aromatic heterocycles. The van der Waals surface area contributed by atoms with E-state index in [2.05, 4.69) is 34.7 Å². The van der Waals surface area contributed by atoms with E-state index < -0.39 is 0 Å². The van der Waals surface area contributed by atoms with Crippen molar-refractivity contribution in [3.63, 3.8) is 0 Å². The first-order chi connectivity index (χ1) is 14.5. The molecule has 0 radical (unpaired) electrons. The van der Waals surface area contributed by atoms with E-state index in [9.17, 15) is 9.59 Å². The summed E-state index contributed by atoms with van der Waals surface area (Å²) in [5.41, 5.74) is 3.40. The summed E-state index contributed by atoms with van der Waals surface area (Å²) < 4.78 is 5.18. The van der Waals surface area contributed by atoms with E-state index in [4.69, 9.17) is 4.74 Å². The Kier molecular flexibility index (Phi) is 7.46. The van der Waals surface area contributed by atoms with Gasteiger partial charge in [-0.2, -0.15) is 0 Å². The molecule has 30 heavy (non-hydrogen) atoms. The highest BCUT2D eigenvalue weighted by molar-refractivity contribution is 5.80. The molecular weight excluding hydrogens is 378 g/mol. The van der Waals surface area contributed by atoms with Gasteiger partial charge in [0.2, 0.25) is 11.8 Å². The molecule has 1 heterocycles. The van der Waals surface area contributed by atoms with Crippen LogP contribution in [-0.2, 0) is 22.6 Å². The van der Waals surface area contributed by atoms with Crippen molar-refractivity contribution in [2.45, 2.75) is 25.8 Å². The summed E-state index contributed by atoms with van der Waals surface area (Å²) in [6, 6.07) is 16.2. The fraction of sp³-hybridized carbons (Fsp3) is 0.417. The average molecular weight is 410 g/mol. The first-order valence-electron chi connectivity index (χ1n) is 10.4. The second-order valence-corrected chi connectivity index (χ2v) is 7.97. The Balaban J connectivity index is 1.56. The van der Waals surface area contributed by atoms with Gasteiger partial charge in [0.15, 0.2) is 0 Å². The van der Waals surface area contributed by atoms with Crippen LogP contribution < -0.4 is 15.4 Å². The largest absolute Gasteiger partial charge is 0.497 e. The van der Waals surface area contributed by atoms with E-state index in [1.165, 1.54) is 18.1 Å². The normalized spacial score (nSPS) is 18.8. The van der Waals surface area contributed by atoms with Crippen molar-refractivity contribution in [3.05, 3.63) is 65.2 Å². The maximum absolute atomic E-state index is 12.9.